The fraction of sp³-hybridized carbons (Fsp3) is 0.385. The summed E-state index contributed by atoms with van der Waals surface area (Å²) in [4.78, 5) is 0. The maximum atomic E-state index is 6.03. The highest BCUT2D eigenvalue weighted by molar-refractivity contribution is 5.39. The third-order valence-corrected chi connectivity index (χ3v) is 2.87. The average molecular weight is 189 g/mol. The number of allylic oxidation sites excluding steroid dienone is 5. The summed E-state index contributed by atoms with van der Waals surface area (Å²) in [6, 6.07) is 0.281. The molecule has 1 nitrogen and oxygen atoms in total. The van der Waals surface area contributed by atoms with Crippen molar-refractivity contribution >= 4 is 0 Å². The van der Waals surface area contributed by atoms with Crippen LogP contribution in [0.25, 0.3) is 0 Å². The SMILES string of the molecule is C=C/C=C1/CCC(N)C(C)/C1=C/C=C. The van der Waals surface area contributed by atoms with Gasteiger partial charge in [-0.15, -0.1) is 0 Å². The average Bonchev–Trinajstić information content (AvgIpc) is 2.18. The molecule has 1 aliphatic rings. The van der Waals surface area contributed by atoms with Crippen molar-refractivity contribution in [3.05, 3.63) is 48.6 Å². The first-order chi connectivity index (χ1) is 6.70. The Hall–Kier alpha value is -1.08. The smallest absolute Gasteiger partial charge is 0.0108 e. The van der Waals surface area contributed by atoms with Crippen LogP contribution in [0.15, 0.2) is 48.6 Å². The molecule has 0 saturated heterocycles. The van der Waals surface area contributed by atoms with Crippen LogP contribution in [0.3, 0.4) is 0 Å². The molecule has 1 fully saturated rings. The summed E-state index contributed by atoms with van der Waals surface area (Å²) in [5, 5.41) is 0. The monoisotopic (exact) mass is 189 g/mol. The maximum absolute atomic E-state index is 6.03. The second-order valence-electron chi connectivity index (χ2n) is 3.78. The van der Waals surface area contributed by atoms with Crippen molar-refractivity contribution in [2.24, 2.45) is 11.7 Å². The lowest BCUT2D eigenvalue weighted by molar-refractivity contribution is 0.454. The molecule has 0 aromatic carbocycles. The van der Waals surface area contributed by atoms with Crippen LogP contribution in [-0.4, -0.2) is 6.04 Å². The Labute approximate surface area is 86.7 Å². The molecule has 2 atom stereocenters. The molecule has 1 saturated carbocycles. The zero-order valence-corrected chi connectivity index (χ0v) is 8.87. The second kappa shape index (κ2) is 4.97. The van der Waals surface area contributed by atoms with Gasteiger partial charge in [0.05, 0.1) is 0 Å². The molecule has 2 unspecified atom stereocenters. The number of rotatable bonds is 2. The van der Waals surface area contributed by atoms with E-state index in [0.29, 0.717) is 5.92 Å². The molecule has 0 aromatic rings. The summed E-state index contributed by atoms with van der Waals surface area (Å²) >= 11 is 0. The summed E-state index contributed by atoms with van der Waals surface area (Å²) in [6.07, 6.45) is 9.94. The summed E-state index contributed by atoms with van der Waals surface area (Å²) in [6.45, 7) is 9.65. The van der Waals surface area contributed by atoms with Crippen molar-refractivity contribution in [1.82, 2.24) is 0 Å². The standard InChI is InChI=1S/C13H19N/c1-4-6-11-8-9-13(14)10(3)12(11)7-5-2/h4-7,10,13H,1-2,8-9,14H2,3H3/b11-6-,12-7-. The minimum absolute atomic E-state index is 0.281. The molecule has 0 bridgehead atoms. The van der Waals surface area contributed by atoms with Crippen LogP contribution in [-0.2, 0) is 0 Å². The molecule has 0 spiro atoms. The maximum Gasteiger partial charge on any atom is 0.0108 e. The van der Waals surface area contributed by atoms with E-state index in [1.807, 2.05) is 12.2 Å². The molecule has 0 amide bonds. The van der Waals surface area contributed by atoms with Gasteiger partial charge in [-0.1, -0.05) is 44.4 Å². The highest BCUT2D eigenvalue weighted by atomic mass is 14.7. The van der Waals surface area contributed by atoms with Crippen LogP contribution < -0.4 is 5.73 Å². The first-order valence-corrected chi connectivity index (χ1v) is 5.11. The Kier molecular flexibility index (Phi) is 3.90. The van der Waals surface area contributed by atoms with Gasteiger partial charge in [-0.25, -0.2) is 0 Å². The van der Waals surface area contributed by atoms with Crippen LogP contribution in [0.5, 0.6) is 0 Å². The summed E-state index contributed by atoms with van der Waals surface area (Å²) in [7, 11) is 0. The predicted octanol–water partition coefficient (Wildman–Crippen LogP) is 2.97. The molecule has 1 rings (SSSR count). The predicted molar refractivity (Wildman–Crippen MR) is 62.9 cm³/mol. The zero-order chi connectivity index (χ0) is 10.6. The number of hydrogen-bond donors (Lipinski definition) is 1. The van der Waals surface area contributed by atoms with E-state index in [1.165, 1.54) is 11.1 Å². The molecule has 1 heteroatoms. The van der Waals surface area contributed by atoms with Crippen molar-refractivity contribution in [3.63, 3.8) is 0 Å². The van der Waals surface area contributed by atoms with E-state index >= 15 is 0 Å². The lowest BCUT2D eigenvalue weighted by Crippen LogP contribution is -2.33. The molecular weight excluding hydrogens is 170 g/mol. The Balaban J connectivity index is 2.99. The van der Waals surface area contributed by atoms with E-state index < -0.39 is 0 Å². The van der Waals surface area contributed by atoms with Crippen LogP contribution in [0.4, 0.5) is 0 Å². The third-order valence-electron chi connectivity index (χ3n) is 2.87. The molecule has 14 heavy (non-hydrogen) atoms. The molecule has 0 aromatic heterocycles. The van der Waals surface area contributed by atoms with Crippen LogP contribution >= 0.6 is 0 Å². The molecule has 0 radical (unpaired) electrons. The van der Waals surface area contributed by atoms with Crippen LogP contribution in [0.2, 0.25) is 0 Å². The molecular formula is C13H19N. The number of nitrogens with two attached hydrogens (primary N) is 1. The van der Waals surface area contributed by atoms with Crippen molar-refractivity contribution in [2.45, 2.75) is 25.8 Å². The molecule has 2 N–H and O–H groups in total. The van der Waals surface area contributed by atoms with Gasteiger partial charge >= 0.3 is 0 Å². The van der Waals surface area contributed by atoms with Gasteiger partial charge in [0.1, 0.15) is 0 Å². The van der Waals surface area contributed by atoms with E-state index in [9.17, 15) is 0 Å². The summed E-state index contributed by atoms with van der Waals surface area (Å²) in [5.74, 6) is 0.424. The van der Waals surface area contributed by atoms with Gasteiger partial charge < -0.3 is 5.73 Å². The first kappa shape index (κ1) is 11.0. The topological polar surface area (TPSA) is 26.0 Å². The fourth-order valence-electron chi connectivity index (χ4n) is 1.95. The fourth-order valence-corrected chi connectivity index (χ4v) is 1.95. The molecule has 1 aliphatic carbocycles. The molecule has 0 aliphatic heterocycles. The Bertz CT molecular complexity index is 284. The minimum atomic E-state index is 0.281. The van der Waals surface area contributed by atoms with E-state index in [1.54, 1.807) is 0 Å². The van der Waals surface area contributed by atoms with Gasteiger partial charge in [0.15, 0.2) is 0 Å². The second-order valence-corrected chi connectivity index (χ2v) is 3.78. The van der Waals surface area contributed by atoms with Gasteiger partial charge in [-0.3, -0.25) is 0 Å². The van der Waals surface area contributed by atoms with Gasteiger partial charge in [-0.2, -0.15) is 0 Å². The van der Waals surface area contributed by atoms with Crippen molar-refractivity contribution < 1.29 is 0 Å². The first-order valence-electron chi connectivity index (χ1n) is 5.11. The Morgan fingerprint density at radius 1 is 1.29 bits per heavy atom. The van der Waals surface area contributed by atoms with E-state index in [4.69, 9.17) is 5.73 Å². The third kappa shape index (κ3) is 2.24. The van der Waals surface area contributed by atoms with Crippen molar-refractivity contribution in [1.29, 1.82) is 0 Å². The lowest BCUT2D eigenvalue weighted by atomic mass is 9.78. The van der Waals surface area contributed by atoms with E-state index in [2.05, 4.69) is 32.2 Å². The summed E-state index contributed by atoms with van der Waals surface area (Å²) < 4.78 is 0. The van der Waals surface area contributed by atoms with E-state index in [-0.39, 0.29) is 6.04 Å². The molecule has 0 heterocycles. The number of hydrogen-bond acceptors (Lipinski definition) is 1. The highest BCUT2D eigenvalue weighted by Crippen LogP contribution is 2.32. The zero-order valence-electron chi connectivity index (χ0n) is 8.87. The van der Waals surface area contributed by atoms with Gasteiger partial charge in [0, 0.05) is 6.04 Å². The normalized spacial score (nSPS) is 33.3. The van der Waals surface area contributed by atoms with Crippen LogP contribution in [0, 0.1) is 5.92 Å². The highest BCUT2D eigenvalue weighted by Gasteiger charge is 2.24. The minimum Gasteiger partial charge on any atom is -0.327 e. The Morgan fingerprint density at radius 2 is 1.93 bits per heavy atom. The van der Waals surface area contributed by atoms with Crippen molar-refractivity contribution in [3.8, 4) is 0 Å². The van der Waals surface area contributed by atoms with E-state index in [0.717, 1.165) is 12.8 Å². The van der Waals surface area contributed by atoms with Gasteiger partial charge in [0.2, 0.25) is 0 Å². The quantitative estimate of drug-likeness (QED) is 0.710. The molecule has 76 valence electrons. The van der Waals surface area contributed by atoms with Crippen LogP contribution in [0.1, 0.15) is 19.8 Å². The Morgan fingerprint density at radius 3 is 2.50 bits per heavy atom. The summed E-state index contributed by atoms with van der Waals surface area (Å²) in [5.41, 5.74) is 8.70. The largest absolute Gasteiger partial charge is 0.327 e. The van der Waals surface area contributed by atoms with Crippen molar-refractivity contribution in [2.75, 3.05) is 0 Å². The lowest BCUT2D eigenvalue weighted by Gasteiger charge is -2.30. The van der Waals surface area contributed by atoms with Gasteiger partial charge in [-0.05, 0) is 29.9 Å². The van der Waals surface area contributed by atoms with Gasteiger partial charge in [0.25, 0.3) is 0 Å².